The Hall–Kier alpha value is -1.98. The first-order chi connectivity index (χ1) is 11.2. The van der Waals surface area contributed by atoms with Crippen LogP contribution in [-0.4, -0.2) is 24.0 Å². The van der Waals surface area contributed by atoms with E-state index in [1.165, 1.54) is 6.42 Å². The van der Waals surface area contributed by atoms with Crippen molar-refractivity contribution >= 4 is 17.5 Å². The smallest absolute Gasteiger partial charge is 0.290 e. The van der Waals surface area contributed by atoms with Gasteiger partial charge in [-0.2, -0.15) is 0 Å². The van der Waals surface area contributed by atoms with Crippen LogP contribution in [0.25, 0.3) is 0 Å². The minimum atomic E-state index is -0.203. The summed E-state index contributed by atoms with van der Waals surface area (Å²) < 4.78 is 11.0. The van der Waals surface area contributed by atoms with Gasteiger partial charge in [0.25, 0.3) is 11.9 Å². The molecule has 0 spiro atoms. The number of hydrogen-bond donors (Lipinski definition) is 2. The fourth-order valence-electron chi connectivity index (χ4n) is 3.37. The van der Waals surface area contributed by atoms with Crippen molar-refractivity contribution in [2.75, 3.05) is 0 Å². The van der Waals surface area contributed by atoms with Crippen molar-refractivity contribution in [3.05, 3.63) is 47.2 Å². The van der Waals surface area contributed by atoms with Gasteiger partial charge in [-0.15, -0.1) is 0 Å². The molecule has 2 aliphatic rings. The largest absolute Gasteiger partial charge is 0.426 e. The lowest BCUT2D eigenvalue weighted by molar-refractivity contribution is 0.0898. The van der Waals surface area contributed by atoms with Crippen LogP contribution in [-0.2, 0) is 0 Å². The predicted molar refractivity (Wildman–Crippen MR) is 86.1 cm³/mol. The summed E-state index contributed by atoms with van der Waals surface area (Å²) in [6.07, 6.45) is 3.31. The number of fused-ring (bicyclic) bond motifs is 2. The fraction of sp³-hybridized carbons (Fsp3) is 0.353. The molecule has 3 heterocycles. The third kappa shape index (κ3) is 3.07. The summed E-state index contributed by atoms with van der Waals surface area (Å²) in [5, 5.41) is 7.12. The lowest BCUT2D eigenvalue weighted by Gasteiger charge is -2.20. The molecule has 1 amide bonds. The van der Waals surface area contributed by atoms with Crippen molar-refractivity contribution in [2.24, 2.45) is 0 Å². The normalized spacial score (nSPS) is 25.5. The Morgan fingerprint density at radius 3 is 2.96 bits per heavy atom. The molecule has 0 saturated carbocycles. The molecule has 2 fully saturated rings. The number of furan rings is 1. The lowest BCUT2D eigenvalue weighted by atomic mass is 9.95. The second kappa shape index (κ2) is 5.91. The molecule has 0 unspecified atom stereocenters. The van der Waals surface area contributed by atoms with Gasteiger partial charge in [0.05, 0.1) is 0 Å². The van der Waals surface area contributed by atoms with E-state index in [4.69, 9.17) is 20.8 Å². The number of nitrogens with one attached hydrogen (secondary N) is 2. The summed E-state index contributed by atoms with van der Waals surface area (Å²) >= 11 is 5.91. The Morgan fingerprint density at radius 1 is 1.30 bits per heavy atom. The molecule has 23 heavy (non-hydrogen) atoms. The van der Waals surface area contributed by atoms with Crippen LogP contribution in [0.2, 0.25) is 5.02 Å². The SMILES string of the molecule is O=C(N[C@@H]1C[C@H]2CC[C@@H]1N2)c1ccc(Oc2cccc(Cl)c2)o1. The summed E-state index contributed by atoms with van der Waals surface area (Å²) in [7, 11) is 0. The first kappa shape index (κ1) is 14.6. The Bertz CT molecular complexity index is 730. The number of hydrogen-bond acceptors (Lipinski definition) is 4. The molecule has 2 aromatic rings. The van der Waals surface area contributed by atoms with Crippen molar-refractivity contribution in [1.82, 2.24) is 10.6 Å². The molecule has 0 aliphatic carbocycles. The van der Waals surface area contributed by atoms with Crippen molar-refractivity contribution in [2.45, 2.75) is 37.4 Å². The third-order valence-electron chi connectivity index (χ3n) is 4.44. The minimum Gasteiger partial charge on any atom is -0.426 e. The first-order valence-corrected chi connectivity index (χ1v) is 8.15. The lowest BCUT2D eigenvalue weighted by Crippen LogP contribution is -2.42. The molecular formula is C17H17ClN2O3. The highest BCUT2D eigenvalue weighted by molar-refractivity contribution is 6.30. The highest BCUT2D eigenvalue weighted by Gasteiger charge is 2.39. The second-order valence-electron chi connectivity index (χ2n) is 6.04. The second-order valence-corrected chi connectivity index (χ2v) is 6.48. The first-order valence-electron chi connectivity index (χ1n) is 7.77. The molecule has 1 aromatic carbocycles. The van der Waals surface area contributed by atoms with Gasteiger partial charge in [0.1, 0.15) is 5.75 Å². The number of benzene rings is 1. The molecule has 3 atom stereocenters. The van der Waals surface area contributed by atoms with Crippen LogP contribution in [0.4, 0.5) is 0 Å². The van der Waals surface area contributed by atoms with E-state index < -0.39 is 0 Å². The van der Waals surface area contributed by atoms with Crippen LogP contribution < -0.4 is 15.4 Å². The zero-order valence-corrected chi connectivity index (χ0v) is 13.2. The summed E-state index contributed by atoms with van der Waals surface area (Å²) in [4.78, 5) is 12.3. The van der Waals surface area contributed by atoms with E-state index in [0.29, 0.717) is 22.9 Å². The molecule has 4 rings (SSSR count). The van der Waals surface area contributed by atoms with E-state index in [-0.39, 0.29) is 23.7 Å². The van der Waals surface area contributed by atoms with Crippen molar-refractivity contribution in [1.29, 1.82) is 0 Å². The van der Waals surface area contributed by atoms with Crippen LogP contribution in [0.5, 0.6) is 11.7 Å². The third-order valence-corrected chi connectivity index (χ3v) is 4.67. The zero-order valence-electron chi connectivity index (χ0n) is 12.4. The highest BCUT2D eigenvalue weighted by Crippen LogP contribution is 2.29. The number of carbonyl (C=O) groups excluding carboxylic acids is 1. The molecule has 2 bridgehead atoms. The van der Waals surface area contributed by atoms with Gasteiger partial charge in [0, 0.05) is 29.2 Å². The molecule has 1 aromatic heterocycles. The molecule has 2 N–H and O–H groups in total. The van der Waals surface area contributed by atoms with Gasteiger partial charge < -0.3 is 19.8 Å². The molecule has 2 saturated heterocycles. The van der Waals surface area contributed by atoms with E-state index >= 15 is 0 Å². The van der Waals surface area contributed by atoms with E-state index in [1.54, 1.807) is 36.4 Å². The molecule has 5 nitrogen and oxygen atoms in total. The van der Waals surface area contributed by atoms with E-state index in [2.05, 4.69) is 10.6 Å². The maximum Gasteiger partial charge on any atom is 0.290 e. The maximum absolute atomic E-state index is 12.3. The molecule has 0 radical (unpaired) electrons. The number of amides is 1. The number of carbonyl (C=O) groups is 1. The minimum absolute atomic E-state index is 0.184. The van der Waals surface area contributed by atoms with Gasteiger partial charge in [-0.1, -0.05) is 17.7 Å². The molecule has 120 valence electrons. The van der Waals surface area contributed by atoms with Gasteiger partial charge in [-0.05, 0) is 43.5 Å². The summed E-state index contributed by atoms with van der Waals surface area (Å²) in [6.45, 7) is 0. The topological polar surface area (TPSA) is 63.5 Å². The highest BCUT2D eigenvalue weighted by atomic mass is 35.5. The van der Waals surface area contributed by atoms with Gasteiger partial charge in [-0.3, -0.25) is 4.79 Å². The van der Waals surface area contributed by atoms with Crippen LogP contribution in [0.1, 0.15) is 29.8 Å². The number of halogens is 1. The van der Waals surface area contributed by atoms with Crippen LogP contribution in [0.3, 0.4) is 0 Å². The van der Waals surface area contributed by atoms with Gasteiger partial charge in [0.2, 0.25) is 0 Å². The summed E-state index contributed by atoms with van der Waals surface area (Å²) in [5.74, 6) is 0.884. The number of rotatable bonds is 4. The van der Waals surface area contributed by atoms with Crippen molar-refractivity contribution in [3.63, 3.8) is 0 Å². The van der Waals surface area contributed by atoms with Gasteiger partial charge in [0.15, 0.2) is 5.76 Å². The van der Waals surface area contributed by atoms with E-state index in [0.717, 1.165) is 12.8 Å². The van der Waals surface area contributed by atoms with Crippen LogP contribution in [0.15, 0.2) is 40.8 Å². The fourth-order valence-corrected chi connectivity index (χ4v) is 3.55. The van der Waals surface area contributed by atoms with E-state index in [9.17, 15) is 4.79 Å². The summed E-state index contributed by atoms with van der Waals surface area (Å²) in [5.41, 5.74) is 0. The standard InChI is InChI=1S/C17H17ClN2O3/c18-10-2-1-3-12(8-10)22-16-7-6-15(23-16)17(21)20-14-9-11-4-5-13(14)19-11/h1-3,6-8,11,13-14,19H,4-5,9H2,(H,20,21)/t11-,13+,14-/m1/s1. The Kier molecular flexibility index (Phi) is 3.75. The Balaban J connectivity index is 1.40. The Labute approximate surface area is 139 Å². The zero-order chi connectivity index (χ0) is 15.8. The van der Waals surface area contributed by atoms with Gasteiger partial charge >= 0.3 is 0 Å². The predicted octanol–water partition coefficient (Wildman–Crippen LogP) is 3.35. The van der Waals surface area contributed by atoms with Gasteiger partial charge in [-0.25, -0.2) is 0 Å². The number of ether oxygens (including phenoxy) is 1. The monoisotopic (exact) mass is 332 g/mol. The Morgan fingerprint density at radius 2 is 2.22 bits per heavy atom. The molecule has 6 heteroatoms. The van der Waals surface area contributed by atoms with E-state index in [1.807, 2.05) is 0 Å². The van der Waals surface area contributed by atoms with Crippen LogP contribution in [0, 0.1) is 0 Å². The molecule has 2 aliphatic heterocycles. The average molecular weight is 333 g/mol. The maximum atomic E-state index is 12.3. The molecular weight excluding hydrogens is 316 g/mol. The average Bonchev–Trinajstić information content (AvgIpc) is 3.23. The summed E-state index contributed by atoms with van der Waals surface area (Å²) in [6, 6.07) is 11.4. The van der Waals surface area contributed by atoms with Crippen molar-refractivity contribution < 1.29 is 13.9 Å². The quantitative estimate of drug-likeness (QED) is 0.901. The van der Waals surface area contributed by atoms with Crippen LogP contribution >= 0.6 is 11.6 Å². The van der Waals surface area contributed by atoms with Crippen molar-refractivity contribution in [3.8, 4) is 11.7 Å².